The van der Waals surface area contributed by atoms with Crippen molar-refractivity contribution in [3.8, 4) is 0 Å². The Labute approximate surface area is 92.4 Å². The zero-order valence-electron chi connectivity index (χ0n) is 10.2. The van der Waals surface area contributed by atoms with E-state index in [0.717, 1.165) is 19.7 Å². The van der Waals surface area contributed by atoms with E-state index in [9.17, 15) is 0 Å². The molecule has 0 aliphatic carbocycles. The Morgan fingerprint density at radius 1 is 1.40 bits per heavy atom. The number of aliphatic imine (C=N–C) groups is 1. The quantitative estimate of drug-likeness (QED) is 0.259. The highest BCUT2D eigenvalue weighted by atomic mass is 16.5. The van der Waals surface area contributed by atoms with Gasteiger partial charge in [-0.15, -0.1) is 0 Å². The highest BCUT2D eigenvalue weighted by Crippen LogP contribution is 1.93. The third-order valence-corrected chi connectivity index (χ3v) is 1.82. The molecule has 0 aliphatic heterocycles. The van der Waals surface area contributed by atoms with Crippen molar-refractivity contribution in [3.63, 3.8) is 0 Å². The van der Waals surface area contributed by atoms with E-state index < -0.39 is 0 Å². The van der Waals surface area contributed by atoms with Crippen molar-refractivity contribution in [2.75, 3.05) is 26.8 Å². The topological polar surface area (TPSA) is 71.7 Å². The first kappa shape index (κ1) is 14.2. The number of rotatable bonds is 6. The van der Waals surface area contributed by atoms with Gasteiger partial charge in [0.05, 0.1) is 6.61 Å². The molecule has 0 saturated heterocycles. The second-order valence-electron chi connectivity index (χ2n) is 4.17. The number of nitrogens with two attached hydrogens (primary N) is 1. The predicted molar refractivity (Wildman–Crippen MR) is 63.5 cm³/mol. The summed E-state index contributed by atoms with van der Waals surface area (Å²) in [6, 6.07) is 0. The second-order valence-corrected chi connectivity index (χ2v) is 4.17. The Morgan fingerprint density at radius 2 is 2.07 bits per heavy atom. The van der Waals surface area contributed by atoms with Gasteiger partial charge in [-0.25, -0.2) is 5.84 Å². The number of methoxy groups -OCH3 is 1. The van der Waals surface area contributed by atoms with Gasteiger partial charge in [0, 0.05) is 20.2 Å². The fourth-order valence-corrected chi connectivity index (χ4v) is 1.04. The molecule has 1 atom stereocenters. The first-order valence-electron chi connectivity index (χ1n) is 5.34. The summed E-state index contributed by atoms with van der Waals surface area (Å²) < 4.78 is 5.04. The van der Waals surface area contributed by atoms with Crippen molar-refractivity contribution >= 4 is 5.96 Å². The van der Waals surface area contributed by atoms with Crippen molar-refractivity contribution in [2.45, 2.75) is 20.8 Å². The van der Waals surface area contributed by atoms with E-state index in [0.29, 0.717) is 17.8 Å². The van der Waals surface area contributed by atoms with Gasteiger partial charge in [0.25, 0.3) is 0 Å². The molecule has 0 radical (unpaired) electrons. The number of nitrogens with zero attached hydrogens (tertiary/aromatic N) is 1. The summed E-state index contributed by atoms with van der Waals surface area (Å²) >= 11 is 0. The molecule has 0 aromatic carbocycles. The monoisotopic (exact) mass is 216 g/mol. The Morgan fingerprint density at radius 3 is 2.53 bits per heavy atom. The van der Waals surface area contributed by atoms with Crippen molar-refractivity contribution in [2.24, 2.45) is 22.7 Å². The summed E-state index contributed by atoms with van der Waals surface area (Å²) in [4.78, 5) is 4.30. The molecule has 1 unspecified atom stereocenters. The van der Waals surface area contributed by atoms with Gasteiger partial charge < -0.3 is 10.1 Å². The van der Waals surface area contributed by atoms with Crippen molar-refractivity contribution in [3.05, 3.63) is 0 Å². The molecule has 0 aromatic heterocycles. The van der Waals surface area contributed by atoms with Gasteiger partial charge in [-0.3, -0.25) is 10.4 Å². The number of hydrogen-bond acceptors (Lipinski definition) is 3. The van der Waals surface area contributed by atoms with E-state index >= 15 is 0 Å². The summed E-state index contributed by atoms with van der Waals surface area (Å²) in [5, 5.41) is 3.14. The molecular weight excluding hydrogens is 192 g/mol. The van der Waals surface area contributed by atoms with Crippen molar-refractivity contribution < 1.29 is 4.74 Å². The Kier molecular flexibility index (Phi) is 8.04. The van der Waals surface area contributed by atoms with E-state index in [1.165, 1.54) is 0 Å². The van der Waals surface area contributed by atoms with Crippen LogP contribution in [0.4, 0.5) is 0 Å². The van der Waals surface area contributed by atoms with Crippen LogP contribution in [-0.4, -0.2) is 32.8 Å². The lowest BCUT2D eigenvalue weighted by Crippen LogP contribution is -2.43. The lowest BCUT2D eigenvalue weighted by molar-refractivity contribution is 0.160. The Hall–Kier alpha value is -0.810. The molecule has 4 N–H and O–H groups in total. The molecule has 0 spiro atoms. The van der Waals surface area contributed by atoms with Crippen LogP contribution >= 0.6 is 0 Å². The molecule has 0 saturated carbocycles. The molecule has 5 heteroatoms. The maximum atomic E-state index is 5.34. The van der Waals surface area contributed by atoms with Gasteiger partial charge in [-0.05, 0) is 11.8 Å². The van der Waals surface area contributed by atoms with Crippen molar-refractivity contribution in [1.29, 1.82) is 0 Å². The molecule has 0 fully saturated rings. The molecule has 15 heavy (non-hydrogen) atoms. The minimum atomic E-state index is 0.438. The third-order valence-electron chi connectivity index (χ3n) is 1.82. The van der Waals surface area contributed by atoms with Crippen LogP contribution in [0.3, 0.4) is 0 Å². The summed E-state index contributed by atoms with van der Waals surface area (Å²) in [6.07, 6.45) is 0. The minimum absolute atomic E-state index is 0.438. The molecule has 0 aromatic rings. The number of hydrogen-bond donors (Lipinski definition) is 3. The van der Waals surface area contributed by atoms with Gasteiger partial charge >= 0.3 is 0 Å². The fourth-order valence-electron chi connectivity index (χ4n) is 1.04. The summed E-state index contributed by atoms with van der Waals surface area (Å²) in [6.45, 7) is 8.64. The third kappa shape index (κ3) is 8.20. The standard InChI is InChI=1S/C10H24N4O/c1-8(2)5-12-10(14-11)13-6-9(3)7-15-4/h8-9H,5-7,11H2,1-4H3,(H2,12,13,14). The van der Waals surface area contributed by atoms with E-state index in [-0.39, 0.29) is 0 Å². The van der Waals surface area contributed by atoms with Gasteiger partial charge in [-0.2, -0.15) is 0 Å². The largest absolute Gasteiger partial charge is 0.384 e. The summed E-state index contributed by atoms with van der Waals surface area (Å²) in [5.41, 5.74) is 2.55. The highest BCUT2D eigenvalue weighted by molar-refractivity contribution is 5.79. The zero-order chi connectivity index (χ0) is 11.7. The highest BCUT2D eigenvalue weighted by Gasteiger charge is 2.02. The van der Waals surface area contributed by atoms with Crippen LogP contribution in [0.5, 0.6) is 0 Å². The van der Waals surface area contributed by atoms with Crippen LogP contribution in [0.1, 0.15) is 20.8 Å². The van der Waals surface area contributed by atoms with Crippen LogP contribution in [0.15, 0.2) is 4.99 Å². The van der Waals surface area contributed by atoms with E-state index in [4.69, 9.17) is 10.6 Å². The van der Waals surface area contributed by atoms with Crippen LogP contribution in [-0.2, 0) is 4.74 Å². The summed E-state index contributed by atoms with van der Waals surface area (Å²) in [5.74, 6) is 6.96. The van der Waals surface area contributed by atoms with Crippen LogP contribution in [0, 0.1) is 11.8 Å². The molecule has 0 aliphatic rings. The average Bonchev–Trinajstić information content (AvgIpc) is 2.18. The molecule has 0 heterocycles. The normalized spacial score (nSPS) is 14.1. The first-order chi connectivity index (χ1) is 7.10. The van der Waals surface area contributed by atoms with E-state index in [1.807, 2.05) is 0 Å². The maximum absolute atomic E-state index is 5.34. The molecule has 0 amide bonds. The van der Waals surface area contributed by atoms with Gasteiger partial charge in [0.1, 0.15) is 0 Å². The molecule has 5 nitrogen and oxygen atoms in total. The smallest absolute Gasteiger partial charge is 0.205 e. The molecule has 0 bridgehead atoms. The lowest BCUT2D eigenvalue weighted by atomic mass is 10.2. The molecule has 0 rings (SSSR count). The number of nitrogens with one attached hydrogen (secondary N) is 2. The number of guanidine groups is 1. The average molecular weight is 216 g/mol. The van der Waals surface area contributed by atoms with Gasteiger partial charge in [0.15, 0.2) is 0 Å². The first-order valence-corrected chi connectivity index (χ1v) is 5.34. The Balaban J connectivity index is 3.83. The SMILES string of the molecule is COCC(C)CNC(=NCC(C)C)NN. The minimum Gasteiger partial charge on any atom is -0.384 e. The molecule has 90 valence electrons. The Bertz CT molecular complexity index is 182. The van der Waals surface area contributed by atoms with Gasteiger partial charge in [-0.1, -0.05) is 20.8 Å². The van der Waals surface area contributed by atoms with Crippen LogP contribution in [0.2, 0.25) is 0 Å². The zero-order valence-corrected chi connectivity index (χ0v) is 10.2. The second kappa shape index (κ2) is 8.49. The molecular formula is C10H24N4O. The van der Waals surface area contributed by atoms with Crippen LogP contribution < -0.4 is 16.6 Å². The maximum Gasteiger partial charge on any atom is 0.205 e. The number of ether oxygens (including phenoxy) is 1. The van der Waals surface area contributed by atoms with Crippen LogP contribution in [0.25, 0.3) is 0 Å². The van der Waals surface area contributed by atoms with E-state index in [1.54, 1.807) is 7.11 Å². The predicted octanol–water partition coefficient (Wildman–Crippen LogP) is 0.334. The fraction of sp³-hybridized carbons (Fsp3) is 0.900. The van der Waals surface area contributed by atoms with Gasteiger partial charge in [0.2, 0.25) is 5.96 Å². The summed E-state index contributed by atoms with van der Waals surface area (Å²) in [7, 11) is 1.70. The lowest BCUT2D eigenvalue weighted by Gasteiger charge is -2.14. The number of hydrazine groups is 1. The van der Waals surface area contributed by atoms with E-state index in [2.05, 4.69) is 36.5 Å². The van der Waals surface area contributed by atoms with Crippen molar-refractivity contribution in [1.82, 2.24) is 10.7 Å².